The van der Waals surface area contributed by atoms with Crippen molar-refractivity contribution >= 4 is 72.1 Å². The molecule has 4 fully saturated rings. The van der Waals surface area contributed by atoms with Crippen LogP contribution in [-0.4, -0.2) is 24.2 Å². The molecule has 3 heterocycles. The Bertz CT molecular complexity index is 4610. The first-order valence-electron chi connectivity index (χ1n) is 46.8. The third-order valence-electron chi connectivity index (χ3n) is 27.9. The first-order chi connectivity index (χ1) is 54.2. The van der Waals surface area contributed by atoms with E-state index in [0.717, 1.165) is 76.9 Å². The Morgan fingerprint density at radius 2 is 0.544 bits per heavy atom. The Kier molecular flexibility index (Phi) is 30.4. The van der Waals surface area contributed by atoms with E-state index in [4.69, 9.17) is 0 Å². The van der Waals surface area contributed by atoms with Gasteiger partial charge in [0.1, 0.15) is 21.1 Å². The Morgan fingerprint density at radius 3 is 0.860 bits per heavy atom. The summed E-state index contributed by atoms with van der Waals surface area (Å²) in [7, 11) is 1.79. The summed E-state index contributed by atoms with van der Waals surface area (Å²) in [5, 5.41) is 13.6. The molecule has 3 nitrogen and oxygen atoms in total. The van der Waals surface area contributed by atoms with Crippen LogP contribution in [0.1, 0.15) is 296 Å². The third kappa shape index (κ3) is 21.1. The molecule has 0 amide bonds. The van der Waals surface area contributed by atoms with Crippen LogP contribution >= 0.6 is 0 Å². The lowest BCUT2D eigenvalue weighted by molar-refractivity contribution is -0.659. The molecule has 6 aromatic carbocycles. The van der Waals surface area contributed by atoms with Gasteiger partial charge in [-0.15, -0.1) is 0 Å². The minimum atomic E-state index is -1.66. The van der Waals surface area contributed by atoms with Crippen LogP contribution in [0.25, 0.3) is 66.1 Å². The lowest BCUT2D eigenvalue weighted by Crippen LogP contribution is -2.50. The fourth-order valence-corrected chi connectivity index (χ4v) is 44.5. The van der Waals surface area contributed by atoms with E-state index in [1.165, 1.54) is 245 Å². The Morgan fingerprint density at radius 1 is 0.272 bits per heavy atom. The first kappa shape index (κ1) is 89.0. The van der Waals surface area contributed by atoms with Gasteiger partial charge in [0, 0.05) is 23.8 Å². The number of nitrogens with zero attached hydrogens (tertiary/aromatic N) is 3. The van der Waals surface area contributed by atoms with Crippen LogP contribution in [-0.2, 0) is 21.1 Å². The summed E-state index contributed by atoms with van der Waals surface area (Å²) in [6, 6.07) is 60.3. The maximum absolute atomic E-state index is 2.65. The van der Waals surface area contributed by atoms with E-state index in [1.54, 1.807) is 37.8 Å². The summed E-state index contributed by atoms with van der Waals surface area (Å²) >= 11 is 0. The van der Waals surface area contributed by atoms with E-state index in [2.05, 4.69) is 321 Å². The SMILES string of the molecule is Cc1c(-c2c3ccc([Si](CC(C)C)(CC(C)C)CC(C)C)cc3cc[n+]2C)cc(C2CCCC2)cc1C1CCCC1.Cc1cc(C2CCCC2)cc(-c2c3ccc([Si](CC(C)C)(CC(C)C)CC(C)C)cc3cc[n+]2C)c1C.Cc1ccc(C2CCCC2)cc1-c1c2ccc([Si](CC(C)C)(CC(C)C)CC(C)C)cc2cc[n+]1C. The molecule has 0 bridgehead atoms. The Hall–Kier alpha value is -5.80. The highest BCUT2D eigenvalue weighted by Crippen LogP contribution is 2.47. The van der Waals surface area contributed by atoms with Crippen molar-refractivity contribution in [2.45, 2.75) is 333 Å². The number of aromatic nitrogens is 3. The molecule has 6 heteroatoms. The average Bonchev–Trinajstić information content (AvgIpc) is 0.886. The molecule has 0 N–H and O–H groups in total. The highest BCUT2D eigenvalue weighted by Gasteiger charge is 2.42. The number of pyridine rings is 3. The van der Waals surface area contributed by atoms with E-state index < -0.39 is 24.2 Å². The van der Waals surface area contributed by atoms with E-state index in [1.807, 2.05) is 0 Å². The van der Waals surface area contributed by atoms with Gasteiger partial charge in [-0.25, -0.2) is 13.7 Å². The minimum absolute atomic E-state index is 0.736. The van der Waals surface area contributed by atoms with Crippen molar-refractivity contribution in [1.29, 1.82) is 0 Å². The summed E-state index contributed by atoms with van der Waals surface area (Å²) < 4.78 is 7.13. The molecule has 9 aromatic rings. The van der Waals surface area contributed by atoms with Crippen LogP contribution in [0, 0.1) is 81.0 Å². The minimum Gasteiger partial charge on any atom is -0.200 e. The molecule has 0 atom stereocenters. The number of benzene rings is 6. The van der Waals surface area contributed by atoms with Crippen molar-refractivity contribution in [3.63, 3.8) is 0 Å². The fraction of sp³-hybridized carbons (Fsp3) is 0.583. The molecule has 0 spiro atoms. The van der Waals surface area contributed by atoms with Crippen molar-refractivity contribution in [2.75, 3.05) is 0 Å². The fourth-order valence-electron chi connectivity index (χ4n) is 24.2. The molecule has 4 aliphatic carbocycles. The molecule has 616 valence electrons. The van der Waals surface area contributed by atoms with Crippen molar-refractivity contribution < 1.29 is 13.7 Å². The van der Waals surface area contributed by atoms with Crippen molar-refractivity contribution in [1.82, 2.24) is 0 Å². The number of fused-ring (bicyclic) bond motifs is 3. The molecule has 4 aliphatic rings. The van der Waals surface area contributed by atoms with Crippen LogP contribution in [0.15, 0.2) is 134 Å². The van der Waals surface area contributed by atoms with Crippen molar-refractivity contribution in [3.05, 3.63) is 178 Å². The van der Waals surface area contributed by atoms with E-state index in [-0.39, 0.29) is 0 Å². The molecule has 114 heavy (non-hydrogen) atoms. The second kappa shape index (κ2) is 38.9. The van der Waals surface area contributed by atoms with Gasteiger partial charge in [0.05, 0.1) is 51.5 Å². The van der Waals surface area contributed by atoms with Crippen molar-refractivity contribution in [3.8, 4) is 33.8 Å². The summed E-state index contributed by atoms with van der Waals surface area (Å²) in [5.41, 5.74) is 20.7. The summed E-state index contributed by atoms with van der Waals surface area (Å²) in [4.78, 5) is 0. The lowest BCUT2D eigenvalue weighted by Gasteiger charge is -2.37. The number of rotatable bonds is 28. The predicted molar refractivity (Wildman–Crippen MR) is 508 cm³/mol. The summed E-state index contributed by atoms with van der Waals surface area (Å²) in [6.07, 6.45) is 28.9. The second-order valence-corrected chi connectivity index (χ2v) is 55.3. The van der Waals surface area contributed by atoms with Gasteiger partial charge in [-0.1, -0.05) is 307 Å². The van der Waals surface area contributed by atoms with Crippen LogP contribution in [0.3, 0.4) is 0 Å². The van der Waals surface area contributed by atoms with Crippen LogP contribution < -0.4 is 29.3 Å². The number of hydrogen-bond acceptors (Lipinski definition) is 0. The molecule has 0 saturated heterocycles. The highest BCUT2D eigenvalue weighted by atomic mass is 28.3. The van der Waals surface area contributed by atoms with E-state index >= 15 is 0 Å². The largest absolute Gasteiger partial charge is 0.220 e. The predicted octanol–water partition coefficient (Wildman–Crippen LogP) is 28.7. The monoisotopic (exact) mass is 1580 g/mol. The average molecular weight is 1580 g/mol. The van der Waals surface area contributed by atoms with Crippen LogP contribution in [0.4, 0.5) is 0 Å². The zero-order valence-corrected chi connectivity index (χ0v) is 80.2. The molecule has 4 saturated carbocycles. The van der Waals surface area contributed by atoms with Crippen LogP contribution in [0.2, 0.25) is 54.4 Å². The third-order valence-corrected chi connectivity index (χ3v) is 46.9. The van der Waals surface area contributed by atoms with Gasteiger partial charge in [0.25, 0.3) is 0 Å². The zero-order valence-electron chi connectivity index (χ0n) is 77.2. The lowest BCUT2D eigenvalue weighted by atomic mass is 9.84. The van der Waals surface area contributed by atoms with Gasteiger partial charge in [-0.05, 0) is 253 Å². The highest BCUT2D eigenvalue weighted by molar-refractivity contribution is 6.93. The topological polar surface area (TPSA) is 11.6 Å². The number of hydrogen-bond donors (Lipinski definition) is 0. The van der Waals surface area contributed by atoms with Gasteiger partial charge in [-0.2, -0.15) is 0 Å². The van der Waals surface area contributed by atoms with Gasteiger partial charge >= 0.3 is 0 Å². The van der Waals surface area contributed by atoms with Crippen molar-refractivity contribution in [2.24, 2.45) is 74.4 Å². The molecular formula is C108H160N3Si3+3. The number of aryl methyl sites for hydroxylation is 5. The molecule has 0 aliphatic heterocycles. The van der Waals surface area contributed by atoms with Gasteiger partial charge < -0.3 is 0 Å². The zero-order chi connectivity index (χ0) is 82.3. The first-order valence-corrected chi connectivity index (χ1v) is 54.7. The molecule has 3 aromatic heterocycles. The van der Waals surface area contributed by atoms with Gasteiger partial charge in [-0.3, -0.25) is 0 Å². The molecule has 13 rings (SSSR count). The summed E-state index contributed by atoms with van der Waals surface area (Å²) in [5.74, 6) is 9.67. The van der Waals surface area contributed by atoms with Crippen LogP contribution in [0.5, 0.6) is 0 Å². The maximum Gasteiger partial charge on any atom is 0.220 e. The second-order valence-electron chi connectivity index (χ2n) is 42.2. The normalized spacial score (nSPS) is 15.9. The van der Waals surface area contributed by atoms with E-state index in [0.29, 0.717) is 0 Å². The van der Waals surface area contributed by atoms with Gasteiger partial charge in [0.2, 0.25) is 17.1 Å². The van der Waals surface area contributed by atoms with E-state index in [9.17, 15) is 0 Å². The standard InChI is InChI=1S/C39H58NSi.C35H52NSi.C34H50NSi/c1-27(2)24-41(25-28(3)4,26-29(5)6)35-17-18-36-33(21-35)19-20-40(8)39(36)38-23-34(31-13-9-10-14-31)22-37(30(38)7)32-15-11-12-16-32;1-24(2)21-37(22-25(3)4,23-26(5)6)32-14-15-33-30(19-32)16-17-36(9)35(33)34-20-31(18-27(7)28(34)8)29-12-10-11-13-29;1-24(2)21-36(22-25(3)4,23-26(5)6)31-15-16-32-30(19-31)17-18-35(8)34(32)33-20-29(14-13-27(33)7)28-11-9-10-12-28/h17-23,27-29,31-32H,9-16,24-26H2,1-8H3;14-20,24-26,29H,10-13,21-23H2,1-9H3;13-20,24-26,28H,9-12,21-23H2,1-8H3/q3*+1. The smallest absolute Gasteiger partial charge is 0.200 e. The van der Waals surface area contributed by atoms with Gasteiger partial charge in [0.15, 0.2) is 18.6 Å². The molecule has 0 radical (unpaired) electrons. The summed E-state index contributed by atoms with van der Waals surface area (Å²) in [6.45, 7) is 53.2. The Labute approximate surface area is 700 Å². The quantitative estimate of drug-likeness (QED) is 0.0342. The molecule has 0 unspecified atom stereocenters. The Balaban J connectivity index is 0.000000169. The maximum atomic E-state index is 2.65. The molecular weight excluding hydrogens is 1420 g/mol.